The average Bonchev–Trinajstić information content (AvgIpc) is 2.93. The number of hydrogen-bond donors (Lipinski definition) is 1. The third-order valence-electron chi connectivity index (χ3n) is 2.40. The van der Waals surface area contributed by atoms with Crippen molar-refractivity contribution < 1.29 is 0 Å². The smallest absolute Gasteiger partial charge is 0.169 e. The van der Waals surface area contributed by atoms with Crippen molar-refractivity contribution in [2.75, 3.05) is 0 Å². The molecule has 0 spiro atoms. The van der Waals surface area contributed by atoms with Gasteiger partial charge in [0, 0.05) is 6.20 Å². The Morgan fingerprint density at radius 2 is 1.82 bits per heavy atom. The minimum absolute atomic E-state index is 0.692. The summed E-state index contributed by atoms with van der Waals surface area (Å²) < 4.78 is 1.69. The highest BCUT2D eigenvalue weighted by Crippen LogP contribution is 2.23. The van der Waals surface area contributed by atoms with Gasteiger partial charge >= 0.3 is 0 Å². The highest BCUT2D eigenvalue weighted by molar-refractivity contribution is 7.78. The average molecular weight is 315 g/mol. The first-order chi connectivity index (χ1) is 10.8. The summed E-state index contributed by atoms with van der Waals surface area (Å²) >= 11 is 4.45. The molecule has 0 saturated heterocycles. The molecule has 0 aliphatic heterocycles. The van der Waals surface area contributed by atoms with Crippen molar-refractivity contribution in [1.82, 2.24) is 13.9 Å². The second kappa shape index (κ2) is 11.6. The van der Waals surface area contributed by atoms with Crippen LogP contribution in [0.2, 0.25) is 0 Å². The zero-order valence-electron chi connectivity index (χ0n) is 13.8. The second-order valence-corrected chi connectivity index (χ2v) is 3.93. The molecule has 118 valence electrons. The molecular formula is C18H25N3S. The van der Waals surface area contributed by atoms with Crippen LogP contribution in [0.5, 0.6) is 0 Å². The molecule has 0 bridgehead atoms. The summed E-state index contributed by atoms with van der Waals surface area (Å²) in [7, 11) is 0. The van der Waals surface area contributed by atoms with Crippen LogP contribution >= 0.6 is 12.8 Å². The molecule has 0 aliphatic carbocycles. The molecule has 0 aromatic carbocycles. The van der Waals surface area contributed by atoms with E-state index in [9.17, 15) is 0 Å². The number of hydrogen-bond acceptors (Lipinski definition) is 3. The van der Waals surface area contributed by atoms with Gasteiger partial charge in [0.25, 0.3) is 0 Å². The lowest BCUT2D eigenvalue weighted by atomic mass is 10.3. The molecular weight excluding hydrogens is 290 g/mol. The van der Waals surface area contributed by atoms with Crippen LogP contribution in [0.15, 0.2) is 49.7 Å². The first kappa shape index (κ1) is 19.9. The van der Waals surface area contributed by atoms with Crippen LogP contribution in [0.4, 0.5) is 0 Å². The Bertz CT molecular complexity index is 598. The topological polar surface area (TPSA) is 30.7 Å². The van der Waals surface area contributed by atoms with Gasteiger partial charge in [-0.1, -0.05) is 71.9 Å². The van der Waals surface area contributed by atoms with Crippen LogP contribution in [0.3, 0.4) is 0 Å². The molecule has 4 heteroatoms. The summed E-state index contributed by atoms with van der Waals surface area (Å²) in [6.45, 7) is 15.4. The molecule has 2 aromatic rings. The lowest BCUT2D eigenvalue weighted by molar-refractivity contribution is 1.18. The highest BCUT2D eigenvalue weighted by Gasteiger charge is 2.13. The summed E-state index contributed by atoms with van der Waals surface area (Å²) in [5.41, 5.74) is 2.39. The van der Waals surface area contributed by atoms with Crippen molar-refractivity contribution in [1.29, 1.82) is 0 Å². The summed E-state index contributed by atoms with van der Waals surface area (Å²) in [5, 5.41) is 0. The normalized spacial score (nSPS) is 9.32. The van der Waals surface area contributed by atoms with Gasteiger partial charge in [0.1, 0.15) is 5.69 Å². The third-order valence-corrected chi connectivity index (χ3v) is 2.80. The molecule has 0 atom stereocenters. The Kier molecular flexibility index (Phi) is 10.5. The molecule has 0 saturated carbocycles. The van der Waals surface area contributed by atoms with E-state index in [0.717, 1.165) is 17.1 Å². The van der Waals surface area contributed by atoms with Crippen molar-refractivity contribution in [2.24, 2.45) is 0 Å². The zero-order valence-corrected chi connectivity index (χ0v) is 14.7. The Morgan fingerprint density at radius 1 is 1.14 bits per heavy atom. The van der Waals surface area contributed by atoms with E-state index in [1.165, 1.54) is 0 Å². The van der Waals surface area contributed by atoms with Gasteiger partial charge in [0.15, 0.2) is 5.82 Å². The fraction of sp³-hybridized carbons (Fsp3) is 0.222. The lowest BCUT2D eigenvalue weighted by Gasteiger charge is -2.00. The molecule has 0 amide bonds. The van der Waals surface area contributed by atoms with Gasteiger partial charge in [0.2, 0.25) is 0 Å². The Morgan fingerprint density at radius 3 is 2.32 bits per heavy atom. The molecule has 0 radical (unpaired) electrons. The number of aromatic nitrogens is 3. The summed E-state index contributed by atoms with van der Waals surface area (Å²) in [4.78, 5) is 8.74. The number of imidazole rings is 1. The van der Waals surface area contributed by atoms with Gasteiger partial charge < -0.3 is 0 Å². The number of rotatable bonds is 4. The van der Waals surface area contributed by atoms with Gasteiger partial charge in [0.05, 0.1) is 11.4 Å². The third kappa shape index (κ3) is 5.04. The number of allylic oxidation sites excluding steroid dienone is 2. The van der Waals surface area contributed by atoms with Gasteiger partial charge in [-0.05, 0) is 24.3 Å². The minimum Gasteiger partial charge on any atom is -0.267 e. The minimum atomic E-state index is 0.692. The second-order valence-electron chi connectivity index (χ2n) is 3.53. The molecule has 2 heterocycles. The molecule has 2 aromatic heterocycles. The molecule has 0 fully saturated rings. The van der Waals surface area contributed by atoms with Crippen LogP contribution in [-0.2, 0) is 0 Å². The maximum atomic E-state index is 4.47. The predicted octanol–water partition coefficient (Wildman–Crippen LogP) is 5.53. The number of nitrogens with zero attached hydrogens (tertiary/aromatic N) is 3. The first-order valence-corrected chi connectivity index (χ1v) is 7.83. The summed E-state index contributed by atoms with van der Waals surface area (Å²) in [5.74, 6) is 0.692. The van der Waals surface area contributed by atoms with Crippen LogP contribution in [-0.4, -0.2) is 13.9 Å². The standard InChI is InChI=1S/C14H13N3S.2C2H6/c1-3-5-9-13-11(4-2)16-14(17(13)18)12-8-6-7-10-15-12;2*1-2/h3-10,18H,1-2H2;2*1-2H3/b9-5-;;. The molecule has 3 nitrogen and oxygen atoms in total. The van der Waals surface area contributed by atoms with E-state index in [4.69, 9.17) is 0 Å². The number of pyridine rings is 1. The van der Waals surface area contributed by atoms with E-state index in [-0.39, 0.29) is 0 Å². The van der Waals surface area contributed by atoms with E-state index in [1.54, 1.807) is 22.3 Å². The highest BCUT2D eigenvalue weighted by atomic mass is 32.1. The van der Waals surface area contributed by atoms with Crippen molar-refractivity contribution in [3.63, 3.8) is 0 Å². The van der Waals surface area contributed by atoms with E-state index in [0.29, 0.717) is 5.82 Å². The summed E-state index contributed by atoms with van der Waals surface area (Å²) in [6.07, 6.45) is 8.84. The van der Waals surface area contributed by atoms with Gasteiger partial charge in [-0.25, -0.2) is 4.98 Å². The van der Waals surface area contributed by atoms with Crippen LogP contribution < -0.4 is 0 Å². The Hall–Kier alpha value is -2.07. The molecule has 0 unspecified atom stereocenters. The van der Waals surface area contributed by atoms with Gasteiger partial charge in [-0.2, -0.15) is 0 Å². The van der Waals surface area contributed by atoms with E-state index >= 15 is 0 Å². The maximum absolute atomic E-state index is 4.47. The van der Waals surface area contributed by atoms with Gasteiger partial charge in [-0.3, -0.25) is 8.96 Å². The lowest BCUT2D eigenvalue weighted by Crippen LogP contribution is -1.91. The SMILES string of the molecule is C=C/C=C\c1c(C=C)nc(-c2ccccn2)n1S.CC.CC. The van der Waals surface area contributed by atoms with E-state index in [1.807, 2.05) is 58.0 Å². The zero-order chi connectivity index (χ0) is 17.0. The van der Waals surface area contributed by atoms with Crippen LogP contribution in [0.25, 0.3) is 23.7 Å². The largest absolute Gasteiger partial charge is 0.267 e. The Labute approximate surface area is 139 Å². The molecule has 2 rings (SSSR count). The number of thiol groups is 1. The first-order valence-electron chi connectivity index (χ1n) is 7.43. The van der Waals surface area contributed by atoms with Crippen molar-refractivity contribution in [3.05, 3.63) is 61.1 Å². The van der Waals surface area contributed by atoms with Crippen LogP contribution in [0.1, 0.15) is 39.1 Å². The molecule has 22 heavy (non-hydrogen) atoms. The fourth-order valence-corrected chi connectivity index (χ4v) is 1.88. The quantitative estimate of drug-likeness (QED) is 0.594. The van der Waals surface area contributed by atoms with Crippen molar-refractivity contribution in [2.45, 2.75) is 27.7 Å². The van der Waals surface area contributed by atoms with E-state index < -0.39 is 0 Å². The van der Waals surface area contributed by atoms with Crippen LogP contribution in [0, 0.1) is 0 Å². The van der Waals surface area contributed by atoms with Gasteiger partial charge in [-0.15, -0.1) is 0 Å². The molecule has 0 N–H and O–H groups in total. The monoisotopic (exact) mass is 315 g/mol. The fourth-order valence-electron chi connectivity index (χ4n) is 1.57. The predicted molar refractivity (Wildman–Crippen MR) is 102 cm³/mol. The van der Waals surface area contributed by atoms with E-state index in [2.05, 4.69) is 35.9 Å². The summed E-state index contributed by atoms with van der Waals surface area (Å²) in [6, 6.07) is 5.67. The Balaban J connectivity index is 0.00000102. The maximum Gasteiger partial charge on any atom is 0.169 e. The van der Waals surface area contributed by atoms with Crippen molar-refractivity contribution >= 4 is 25.0 Å². The van der Waals surface area contributed by atoms with Crippen molar-refractivity contribution in [3.8, 4) is 11.5 Å². The molecule has 0 aliphatic rings.